The van der Waals surface area contributed by atoms with Crippen molar-refractivity contribution >= 4 is 29.1 Å². The van der Waals surface area contributed by atoms with Gasteiger partial charge < -0.3 is 15.8 Å². The monoisotopic (exact) mass is 296 g/mol. The third-order valence-corrected chi connectivity index (χ3v) is 3.16. The van der Waals surface area contributed by atoms with Gasteiger partial charge in [0.1, 0.15) is 0 Å². The molecule has 2 aromatic carbocycles. The number of methoxy groups -OCH3 is 1. The number of nitrogens with two attached hydrogens (primary N) is 1. The maximum absolute atomic E-state index is 11.4. The van der Waals surface area contributed by atoms with Gasteiger partial charge >= 0.3 is 12.0 Å². The molecule has 1 heterocycles. The summed E-state index contributed by atoms with van der Waals surface area (Å²) in [5.74, 6) is -0.449. The molecule has 0 aromatic heterocycles. The van der Waals surface area contributed by atoms with Crippen molar-refractivity contribution in [2.75, 3.05) is 18.2 Å². The Kier molecular flexibility index (Phi) is 3.30. The molecule has 7 nitrogen and oxygen atoms in total. The highest BCUT2D eigenvalue weighted by Gasteiger charge is 2.09. The second kappa shape index (κ2) is 5.28. The Hall–Kier alpha value is -3.22. The summed E-state index contributed by atoms with van der Waals surface area (Å²) in [6.45, 7) is 0. The van der Waals surface area contributed by atoms with E-state index >= 15 is 0 Å². The molecule has 22 heavy (non-hydrogen) atoms. The smallest absolute Gasteiger partial charge is 0.368 e. The predicted octanol–water partition coefficient (Wildman–Crippen LogP) is 1.17. The molecule has 0 aliphatic carbocycles. The molecular weight excluding hydrogens is 284 g/mol. The number of anilines is 3. The molecule has 0 spiro atoms. The number of hydrogen-bond acceptors (Lipinski definition) is 5. The predicted molar refractivity (Wildman–Crippen MR) is 79.6 cm³/mol. The van der Waals surface area contributed by atoms with E-state index in [0.29, 0.717) is 33.3 Å². The number of nitrogens with one attached hydrogen (secondary N) is 1. The number of nitrogens with zero attached hydrogens (tertiary/aromatic N) is 2. The van der Waals surface area contributed by atoms with Crippen LogP contribution in [-0.2, 0) is 4.74 Å². The first kappa shape index (κ1) is 13.7. The number of esters is 1. The number of benzene rings is 2. The minimum atomic E-state index is -0.505. The van der Waals surface area contributed by atoms with Crippen molar-refractivity contribution < 1.29 is 14.3 Å². The van der Waals surface area contributed by atoms with Crippen LogP contribution in [0.3, 0.4) is 0 Å². The molecule has 0 atom stereocenters. The number of rotatable bonds is 3. The Balaban J connectivity index is 1.90. The third kappa shape index (κ3) is 2.51. The van der Waals surface area contributed by atoms with Crippen LogP contribution in [0.25, 0.3) is 0 Å². The van der Waals surface area contributed by atoms with Crippen LogP contribution >= 0.6 is 0 Å². The molecule has 0 unspecified atom stereocenters. The Bertz CT molecular complexity index is 905. The second-order valence-electron chi connectivity index (χ2n) is 4.63. The summed E-state index contributed by atoms with van der Waals surface area (Å²) >= 11 is 0. The van der Waals surface area contributed by atoms with Crippen LogP contribution in [-0.4, -0.2) is 19.1 Å². The molecule has 0 fully saturated rings. The summed E-state index contributed by atoms with van der Waals surface area (Å²) in [7, 11) is 1.31. The minimum absolute atomic E-state index is 0.374. The number of carbonyl (C=O) groups is 2. The molecular formula is C15H12N4O3. The van der Waals surface area contributed by atoms with Crippen LogP contribution in [0, 0.1) is 0 Å². The zero-order chi connectivity index (χ0) is 15.7. The molecule has 3 N–H and O–H groups in total. The lowest BCUT2D eigenvalue weighted by Crippen LogP contribution is -2.21. The van der Waals surface area contributed by atoms with E-state index in [1.165, 1.54) is 13.2 Å². The van der Waals surface area contributed by atoms with Crippen molar-refractivity contribution in [2.45, 2.75) is 0 Å². The zero-order valence-corrected chi connectivity index (χ0v) is 11.7. The van der Waals surface area contributed by atoms with Crippen molar-refractivity contribution in [1.82, 2.24) is 0 Å². The maximum Gasteiger partial charge on any atom is 0.368 e. The minimum Gasteiger partial charge on any atom is -0.465 e. The fraction of sp³-hybridized carbons (Fsp3) is 0.0667. The largest absolute Gasteiger partial charge is 0.465 e. The average Bonchev–Trinajstić information content (AvgIpc) is 2.87. The van der Waals surface area contributed by atoms with Gasteiger partial charge in [0.05, 0.1) is 34.8 Å². The first-order chi connectivity index (χ1) is 10.6. The number of fused-ring (bicyclic) bond motifs is 1. The topological polar surface area (TPSA) is 106 Å². The van der Waals surface area contributed by atoms with Gasteiger partial charge in [-0.15, -0.1) is 0 Å². The van der Waals surface area contributed by atoms with Crippen molar-refractivity contribution in [2.24, 2.45) is 9.98 Å². The summed E-state index contributed by atoms with van der Waals surface area (Å²) in [5.41, 5.74) is 8.05. The van der Waals surface area contributed by atoms with E-state index < -0.39 is 12.0 Å². The number of urea groups is 1. The van der Waals surface area contributed by atoms with Gasteiger partial charge in [0.25, 0.3) is 0 Å². The van der Waals surface area contributed by atoms with Gasteiger partial charge in [-0.2, -0.15) is 9.98 Å². The van der Waals surface area contributed by atoms with E-state index in [2.05, 4.69) is 20.0 Å². The second-order valence-corrected chi connectivity index (χ2v) is 4.63. The molecule has 2 aromatic rings. The summed E-state index contributed by atoms with van der Waals surface area (Å²) in [6, 6.07) is 9.49. The van der Waals surface area contributed by atoms with E-state index in [9.17, 15) is 9.59 Å². The molecule has 0 bridgehead atoms. The molecule has 7 heteroatoms. The van der Waals surface area contributed by atoms with Crippen LogP contribution in [0.15, 0.2) is 46.4 Å². The summed E-state index contributed by atoms with van der Waals surface area (Å²) < 4.78 is 4.64. The molecule has 1 aliphatic heterocycles. The summed E-state index contributed by atoms with van der Waals surface area (Å²) in [6.07, 6.45) is 0. The van der Waals surface area contributed by atoms with Crippen molar-refractivity contribution in [3.8, 4) is 0 Å². The van der Waals surface area contributed by atoms with Crippen LogP contribution in [0.2, 0.25) is 0 Å². The average molecular weight is 296 g/mol. The molecule has 0 radical (unpaired) electrons. The number of nitrogen functional groups attached to an aromatic ring is 1. The summed E-state index contributed by atoms with van der Waals surface area (Å²) in [4.78, 5) is 30.1. The Morgan fingerprint density at radius 1 is 1.14 bits per heavy atom. The van der Waals surface area contributed by atoms with E-state index in [1.54, 1.807) is 30.3 Å². The lowest BCUT2D eigenvalue weighted by atomic mass is 10.1. The highest BCUT2D eigenvalue weighted by molar-refractivity contribution is 5.92. The first-order valence-electron chi connectivity index (χ1n) is 6.43. The van der Waals surface area contributed by atoms with Gasteiger partial charge in [-0.1, -0.05) is 0 Å². The quantitative estimate of drug-likeness (QED) is 0.653. The van der Waals surface area contributed by atoms with Crippen LogP contribution in [0.5, 0.6) is 0 Å². The molecule has 1 aliphatic rings. The Morgan fingerprint density at radius 2 is 1.91 bits per heavy atom. The molecule has 3 rings (SSSR count). The lowest BCUT2D eigenvalue weighted by molar-refractivity contribution is 0.0601. The van der Waals surface area contributed by atoms with Gasteiger partial charge in [0, 0.05) is 5.69 Å². The SMILES string of the molecule is COC(=O)c1ccc(Nc2ccc3c(c2)=NC(=O)N=3)c(N)c1. The van der Waals surface area contributed by atoms with E-state index in [-0.39, 0.29) is 0 Å². The normalized spacial score (nSPS) is 12.1. The maximum atomic E-state index is 11.4. The third-order valence-electron chi connectivity index (χ3n) is 3.16. The van der Waals surface area contributed by atoms with E-state index in [1.807, 2.05) is 0 Å². The first-order valence-corrected chi connectivity index (χ1v) is 6.43. The van der Waals surface area contributed by atoms with E-state index in [4.69, 9.17) is 5.73 Å². The van der Waals surface area contributed by atoms with Crippen molar-refractivity contribution in [3.63, 3.8) is 0 Å². The zero-order valence-electron chi connectivity index (χ0n) is 11.7. The van der Waals surface area contributed by atoms with Crippen LogP contribution in [0.1, 0.15) is 10.4 Å². The van der Waals surface area contributed by atoms with E-state index in [0.717, 1.165) is 0 Å². The van der Waals surface area contributed by atoms with Gasteiger partial charge in [0.2, 0.25) is 0 Å². The molecule has 0 saturated heterocycles. The van der Waals surface area contributed by atoms with Crippen molar-refractivity contribution in [1.29, 1.82) is 0 Å². The highest BCUT2D eigenvalue weighted by Crippen LogP contribution is 2.23. The van der Waals surface area contributed by atoms with Crippen LogP contribution < -0.4 is 21.8 Å². The van der Waals surface area contributed by atoms with Crippen molar-refractivity contribution in [3.05, 3.63) is 52.7 Å². The number of carbonyl (C=O) groups excluding carboxylic acids is 2. The number of amides is 2. The van der Waals surface area contributed by atoms with Gasteiger partial charge in [-0.25, -0.2) is 9.59 Å². The van der Waals surface area contributed by atoms with Gasteiger partial charge in [-0.05, 0) is 36.4 Å². The fourth-order valence-corrected chi connectivity index (χ4v) is 2.09. The van der Waals surface area contributed by atoms with Gasteiger partial charge in [-0.3, -0.25) is 0 Å². The summed E-state index contributed by atoms with van der Waals surface area (Å²) in [5, 5.41) is 4.17. The lowest BCUT2D eigenvalue weighted by Gasteiger charge is -2.10. The standard InChI is InChI=1S/C15H12N4O3/c1-22-14(20)8-2-4-11(10(16)6-8)17-9-3-5-12-13(7-9)19-15(21)18-12/h2-7,17H,16H2,1H3. The fourth-order valence-electron chi connectivity index (χ4n) is 2.09. The van der Waals surface area contributed by atoms with Crippen LogP contribution in [0.4, 0.5) is 21.9 Å². The Labute approximate surface area is 125 Å². The molecule has 110 valence electrons. The number of hydrogen-bond donors (Lipinski definition) is 2. The number of ether oxygens (including phenoxy) is 1. The highest BCUT2D eigenvalue weighted by atomic mass is 16.5. The Morgan fingerprint density at radius 3 is 2.64 bits per heavy atom. The molecule has 0 saturated carbocycles. The van der Waals surface area contributed by atoms with Gasteiger partial charge in [0.15, 0.2) is 0 Å². The molecule has 2 amide bonds.